The Balaban J connectivity index is 0.00000112. The number of aromatic nitrogens is 2. The number of pyridine rings is 1. The van der Waals surface area contributed by atoms with E-state index in [1.807, 2.05) is 30.6 Å². The highest BCUT2D eigenvalue weighted by Gasteiger charge is 2.01. The molecule has 3 heteroatoms. The van der Waals surface area contributed by atoms with Crippen molar-refractivity contribution in [3.05, 3.63) is 30.6 Å². The maximum atomic E-state index is 4.30. The average Bonchev–Trinajstić information content (AvgIpc) is 2.58. The monoisotopic (exact) mass is 191 g/mol. The van der Waals surface area contributed by atoms with Crippen LogP contribution in [0.4, 0.5) is 5.82 Å². The molecule has 0 spiro atoms. The summed E-state index contributed by atoms with van der Waals surface area (Å²) in [4.78, 5) is 4.30. The van der Waals surface area contributed by atoms with Gasteiger partial charge < -0.3 is 5.32 Å². The van der Waals surface area contributed by atoms with Gasteiger partial charge in [0.1, 0.15) is 11.5 Å². The number of hydrogen-bond donors (Lipinski definition) is 1. The molecule has 3 nitrogen and oxygen atoms in total. The van der Waals surface area contributed by atoms with Gasteiger partial charge in [0.15, 0.2) is 0 Å². The molecule has 0 saturated heterocycles. The Morgan fingerprint density at radius 3 is 3.14 bits per heavy atom. The SMILES string of the molecule is CC(C)CNc1cnc2ccccn12.[HH]. The van der Waals surface area contributed by atoms with Crippen LogP contribution < -0.4 is 5.32 Å². The summed E-state index contributed by atoms with van der Waals surface area (Å²) in [6.07, 6.45) is 3.89. The number of anilines is 1. The zero-order valence-electron chi connectivity index (χ0n) is 8.57. The molecule has 0 aliphatic rings. The van der Waals surface area contributed by atoms with Crippen LogP contribution in [0.25, 0.3) is 5.65 Å². The Bertz CT molecular complexity index is 422. The van der Waals surface area contributed by atoms with Crippen molar-refractivity contribution in [2.24, 2.45) is 5.92 Å². The third kappa shape index (κ3) is 1.71. The summed E-state index contributed by atoms with van der Waals surface area (Å²) in [6.45, 7) is 5.36. The minimum absolute atomic E-state index is 0. The van der Waals surface area contributed by atoms with E-state index in [0.717, 1.165) is 18.0 Å². The van der Waals surface area contributed by atoms with Crippen LogP contribution in [-0.4, -0.2) is 15.9 Å². The van der Waals surface area contributed by atoms with Gasteiger partial charge in [-0.3, -0.25) is 4.40 Å². The van der Waals surface area contributed by atoms with E-state index in [0.29, 0.717) is 5.92 Å². The predicted molar refractivity (Wildman–Crippen MR) is 60.6 cm³/mol. The molecule has 2 rings (SSSR count). The zero-order chi connectivity index (χ0) is 9.97. The van der Waals surface area contributed by atoms with Gasteiger partial charge in [-0.1, -0.05) is 19.9 Å². The molecule has 0 amide bonds. The summed E-state index contributed by atoms with van der Waals surface area (Å²) in [5, 5.41) is 3.37. The average molecular weight is 191 g/mol. The first-order valence-electron chi connectivity index (χ1n) is 4.93. The second-order valence-corrected chi connectivity index (χ2v) is 3.85. The van der Waals surface area contributed by atoms with Gasteiger partial charge in [-0.2, -0.15) is 0 Å². The maximum Gasteiger partial charge on any atom is 0.138 e. The first-order valence-corrected chi connectivity index (χ1v) is 4.93. The first kappa shape index (κ1) is 9.06. The maximum absolute atomic E-state index is 4.30. The predicted octanol–water partition coefficient (Wildman–Crippen LogP) is 2.65. The number of nitrogens with zero attached hydrogens (tertiary/aromatic N) is 2. The van der Waals surface area contributed by atoms with E-state index in [1.165, 1.54) is 0 Å². The number of nitrogens with one attached hydrogen (secondary N) is 1. The molecule has 14 heavy (non-hydrogen) atoms. The quantitative estimate of drug-likeness (QED) is 0.808. The van der Waals surface area contributed by atoms with E-state index in [9.17, 15) is 0 Å². The third-order valence-corrected chi connectivity index (χ3v) is 2.11. The van der Waals surface area contributed by atoms with E-state index >= 15 is 0 Å². The number of rotatable bonds is 3. The summed E-state index contributed by atoms with van der Waals surface area (Å²) in [7, 11) is 0. The fourth-order valence-corrected chi connectivity index (χ4v) is 1.37. The van der Waals surface area contributed by atoms with Crippen LogP contribution in [0.1, 0.15) is 15.3 Å². The molecule has 0 aliphatic carbocycles. The number of hydrogen-bond acceptors (Lipinski definition) is 2. The van der Waals surface area contributed by atoms with E-state index in [2.05, 4.69) is 28.5 Å². The lowest BCUT2D eigenvalue weighted by atomic mass is 10.2. The standard InChI is InChI=1S/C11H15N3.H2/c1-9(2)7-12-11-8-13-10-5-3-4-6-14(10)11;/h3-6,8-9,12H,7H2,1-2H3;1H. The topological polar surface area (TPSA) is 29.3 Å². The van der Waals surface area contributed by atoms with Gasteiger partial charge in [-0.05, 0) is 18.1 Å². The summed E-state index contributed by atoms with van der Waals surface area (Å²) >= 11 is 0. The van der Waals surface area contributed by atoms with Crippen LogP contribution in [0, 0.1) is 5.92 Å². The highest BCUT2D eigenvalue weighted by molar-refractivity contribution is 5.49. The van der Waals surface area contributed by atoms with Crippen molar-refractivity contribution in [1.82, 2.24) is 9.38 Å². The second kappa shape index (κ2) is 3.70. The molecule has 2 heterocycles. The number of imidazole rings is 1. The van der Waals surface area contributed by atoms with Crippen LogP contribution in [-0.2, 0) is 0 Å². The molecular weight excluding hydrogens is 174 g/mol. The smallest absolute Gasteiger partial charge is 0.138 e. The Kier molecular flexibility index (Phi) is 2.39. The van der Waals surface area contributed by atoms with Gasteiger partial charge in [-0.25, -0.2) is 4.98 Å². The highest BCUT2D eigenvalue weighted by atomic mass is 15.1. The van der Waals surface area contributed by atoms with Crippen LogP contribution >= 0.6 is 0 Å². The molecule has 2 aromatic heterocycles. The van der Waals surface area contributed by atoms with Gasteiger partial charge in [0.2, 0.25) is 0 Å². The van der Waals surface area contributed by atoms with E-state index in [1.54, 1.807) is 0 Å². The molecule has 0 unspecified atom stereocenters. The Morgan fingerprint density at radius 1 is 1.50 bits per heavy atom. The van der Waals surface area contributed by atoms with Crippen molar-refractivity contribution < 1.29 is 1.43 Å². The van der Waals surface area contributed by atoms with Crippen LogP contribution in [0.5, 0.6) is 0 Å². The lowest BCUT2D eigenvalue weighted by molar-refractivity contribution is 0.686. The molecule has 76 valence electrons. The lowest BCUT2D eigenvalue weighted by Gasteiger charge is -2.07. The van der Waals surface area contributed by atoms with Gasteiger partial charge in [0, 0.05) is 14.2 Å². The fraction of sp³-hybridized carbons (Fsp3) is 0.364. The summed E-state index contributed by atoms with van der Waals surface area (Å²) in [5.74, 6) is 1.71. The largest absolute Gasteiger partial charge is 0.370 e. The summed E-state index contributed by atoms with van der Waals surface area (Å²) < 4.78 is 2.06. The molecule has 0 saturated carbocycles. The van der Waals surface area contributed by atoms with Crippen molar-refractivity contribution in [3.63, 3.8) is 0 Å². The number of fused-ring (bicyclic) bond motifs is 1. The molecule has 2 aromatic rings. The third-order valence-electron chi connectivity index (χ3n) is 2.11. The second-order valence-electron chi connectivity index (χ2n) is 3.85. The first-order chi connectivity index (χ1) is 6.77. The summed E-state index contributed by atoms with van der Waals surface area (Å²) in [5.41, 5.74) is 0.985. The van der Waals surface area contributed by atoms with Gasteiger partial charge in [0.25, 0.3) is 0 Å². The molecule has 0 fully saturated rings. The Morgan fingerprint density at radius 2 is 2.36 bits per heavy atom. The van der Waals surface area contributed by atoms with Crippen molar-refractivity contribution in [2.75, 3.05) is 11.9 Å². The van der Waals surface area contributed by atoms with Crippen LogP contribution in [0.2, 0.25) is 0 Å². The molecule has 0 radical (unpaired) electrons. The van der Waals surface area contributed by atoms with Crippen LogP contribution in [0.3, 0.4) is 0 Å². The van der Waals surface area contributed by atoms with E-state index < -0.39 is 0 Å². The highest BCUT2D eigenvalue weighted by Crippen LogP contribution is 2.11. The van der Waals surface area contributed by atoms with Gasteiger partial charge in [0.05, 0.1) is 6.20 Å². The lowest BCUT2D eigenvalue weighted by Crippen LogP contribution is -2.09. The van der Waals surface area contributed by atoms with Gasteiger partial charge >= 0.3 is 0 Å². The van der Waals surface area contributed by atoms with Crippen molar-refractivity contribution in [3.8, 4) is 0 Å². The van der Waals surface area contributed by atoms with Crippen molar-refractivity contribution >= 4 is 11.5 Å². The zero-order valence-corrected chi connectivity index (χ0v) is 8.57. The summed E-state index contributed by atoms with van der Waals surface area (Å²) in [6, 6.07) is 6.00. The minimum Gasteiger partial charge on any atom is -0.370 e. The van der Waals surface area contributed by atoms with Crippen LogP contribution in [0.15, 0.2) is 30.6 Å². The minimum atomic E-state index is 0. The van der Waals surface area contributed by atoms with Gasteiger partial charge in [-0.15, -0.1) is 0 Å². The Hall–Kier alpha value is -1.51. The molecule has 0 aliphatic heterocycles. The molecule has 0 bridgehead atoms. The molecule has 0 atom stereocenters. The van der Waals surface area contributed by atoms with Crippen molar-refractivity contribution in [2.45, 2.75) is 13.8 Å². The van der Waals surface area contributed by atoms with E-state index in [-0.39, 0.29) is 1.43 Å². The molecule has 1 N–H and O–H groups in total. The molecular formula is C11H17N3. The van der Waals surface area contributed by atoms with Crippen molar-refractivity contribution in [1.29, 1.82) is 0 Å². The normalized spacial score (nSPS) is 11.1. The van der Waals surface area contributed by atoms with E-state index in [4.69, 9.17) is 0 Å². The molecule has 0 aromatic carbocycles. The Labute approximate surface area is 85.3 Å². The fourth-order valence-electron chi connectivity index (χ4n) is 1.37.